The lowest BCUT2D eigenvalue weighted by molar-refractivity contribution is 0.0981. The SMILES string of the molecule is COc1ccccc1Nc1cccc(S(=O)(=O)NC(=O)c2cccnc2N2CC(C)CC2(C)C)n1. The number of pyridine rings is 2. The average molecular weight is 496 g/mol. The van der Waals surface area contributed by atoms with Gasteiger partial charge in [-0.25, -0.2) is 14.7 Å². The molecule has 0 bridgehead atoms. The Morgan fingerprint density at radius 2 is 1.89 bits per heavy atom. The smallest absolute Gasteiger partial charge is 0.281 e. The van der Waals surface area contributed by atoms with Gasteiger partial charge in [0.15, 0.2) is 5.03 Å². The van der Waals surface area contributed by atoms with Crippen LogP contribution in [0.5, 0.6) is 5.75 Å². The summed E-state index contributed by atoms with van der Waals surface area (Å²) in [5, 5.41) is 2.76. The lowest BCUT2D eigenvalue weighted by Crippen LogP contribution is -2.41. The van der Waals surface area contributed by atoms with Crippen LogP contribution in [-0.2, 0) is 10.0 Å². The van der Waals surface area contributed by atoms with E-state index < -0.39 is 15.9 Å². The van der Waals surface area contributed by atoms with Crippen LogP contribution in [0.15, 0.2) is 65.8 Å². The number of amides is 1. The number of methoxy groups -OCH3 is 1. The van der Waals surface area contributed by atoms with E-state index >= 15 is 0 Å². The zero-order valence-electron chi connectivity index (χ0n) is 20.1. The Balaban J connectivity index is 1.58. The van der Waals surface area contributed by atoms with Crippen LogP contribution in [0.25, 0.3) is 0 Å². The molecular weight excluding hydrogens is 466 g/mol. The molecular formula is C25H29N5O4S. The third-order valence-electron chi connectivity index (χ3n) is 5.96. The van der Waals surface area contributed by atoms with Gasteiger partial charge in [-0.1, -0.05) is 25.1 Å². The molecule has 1 atom stereocenters. The quantitative estimate of drug-likeness (QED) is 0.506. The molecule has 35 heavy (non-hydrogen) atoms. The summed E-state index contributed by atoms with van der Waals surface area (Å²) in [6.07, 6.45) is 2.55. The molecule has 0 saturated carbocycles. The van der Waals surface area contributed by atoms with Gasteiger partial charge < -0.3 is 15.0 Å². The minimum Gasteiger partial charge on any atom is -0.495 e. The van der Waals surface area contributed by atoms with Crippen molar-refractivity contribution in [1.82, 2.24) is 14.7 Å². The molecule has 184 valence electrons. The van der Waals surface area contributed by atoms with Crippen molar-refractivity contribution in [3.05, 3.63) is 66.4 Å². The Kier molecular flexibility index (Phi) is 6.66. The standard InChI is InChI=1S/C25H29N5O4S/c1-17-15-25(2,3)30(16-17)23-18(9-8-14-26-23)24(31)29-35(32,33)22-13-7-12-21(28-22)27-19-10-5-6-11-20(19)34-4/h5-14,17H,15-16H2,1-4H3,(H,27,28)(H,29,31). The summed E-state index contributed by atoms with van der Waals surface area (Å²) in [5.74, 6) is 1.01. The second-order valence-electron chi connectivity index (χ2n) is 9.23. The van der Waals surface area contributed by atoms with Crippen LogP contribution in [0.4, 0.5) is 17.3 Å². The summed E-state index contributed by atoms with van der Waals surface area (Å²) < 4.78 is 33.6. The second kappa shape index (κ2) is 9.53. The maximum absolute atomic E-state index is 13.1. The van der Waals surface area contributed by atoms with Crippen molar-refractivity contribution in [1.29, 1.82) is 0 Å². The summed E-state index contributed by atoms with van der Waals surface area (Å²) in [7, 11) is -2.70. The fourth-order valence-electron chi connectivity index (χ4n) is 4.50. The number of aromatic nitrogens is 2. The van der Waals surface area contributed by atoms with Gasteiger partial charge in [0, 0.05) is 18.3 Å². The van der Waals surface area contributed by atoms with Gasteiger partial charge in [0.05, 0.1) is 18.4 Å². The molecule has 4 rings (SSSR count). The monoisotopic (exact) mass is 495 g/mol. The van der Waals surface area contributed by atoms with E-state index in [0.29, 0.717) is 29.0 Å². The van der Waals surface area contributed by atoms with Crippen LogP contribution in [-0.4, -0.2) is 43.5 Å². The first-order chi connectivity index (χ1) is 16.6. The topological polar surface area (TPSA) is 114 Å². The molecule has 0 aliphatic carbocycles. The number of sulfonamides is 1. The molecule has 3 aromatic rings. The molecule has 1 aromatic carbocycles. The normalized spacial score (nSPS) is 17.1. The molecule has 3 heterocycles. The van der Waals surface area contributed by atoms with Gasteiger partial charge in [0.25, 0.3) is 15.9 Å². The van der Waals surface area contributed by atoms with Gasteiger partial charge >= 0.3 is 0 Å². The van der Waals surface area contributed by atoms with Crippen LogP contribution in [0, 0.1) is 5.92 Å². The molecule has 0 spiro atoms. The van der Waals surface area contributed by atoms with Crippen LogP contribution >= 0.6 is 0 Å². The third-order valence-corrected chi connectivity index (χ3v) is 7.19. The van der Waals surface area contributed by atoms with Gasteiger partial charge in [-0.2, -0.15) is 8.42 Å². The Morgan fingerprint density at radius 3 is 2.60 bits per heavy atom. The van der Waals surface area contributed by atoms with Crippen molar-refractivity contribution in [2.75, 3.05) is 23.9 Å². The minimum atomic E-state index is -4.25. The Morgan fingerprint density at radius 1 is 1.11 bits per heavy atom. The highest BCUT2D eigenvalue weighted by atomic mass is 32.2. The van der Waals surface area contributed by atoms with E-state index in [1.807, 2.05) is 12.1 Å². The largest absolute Gasteiger partial charge is 0.495 e. The van der Waals surface area contributed by atoms with Crippen LogP contribution in [0.1, 0.15) is 37.6 Å². The summed E-state index contributed by atoms with van der Waals surface area (Å²) >= 11 is 0. The zero-order valence-corrected chi connectivity index (χ0v) is 21.0. The number of benzene rings is 1. The highest BCUT2D eigenvalue weighted by molar-refractivity contribution is 7.90. The number of carbonyl (C=O) groups is 1. The van der Waals surface area contributed by atoms with Crippen molar-refractivity contribution in [2.45, 2.75) is 37.8 Å². The van der Waals surface area contributed by atoms with Crippen LogP contribution < -0.4 is 19.7 Å². The Bertz CT molecular complexity index is 1340. The molecule has 2 N–H and O–H groups in total. The van der Waals surface area contributed by atoms with E-state index in [1.54, 1.807) is 49.7 Å². The molecule has 1 unspecified atom stereocenters. The van der Waals surface area contributed by atoms with Gasteiger partial charge in [-0.05, 0) is 62.6 Å². The summed E-state index contributed by atoms with van der Waals surface area (Å²) in [4.78, 5) is 23.8. The first kappa shape index (κ1) is 24.5. The second-order valence-corrected chi connectivity index (χ2v) is 10.9. The Labute approximate surface area is 205 Å². The van der Waals surface area contributed by atoms with Crippen molar-refractivity contribution < 1.29 is 17.9 Å². The molecule has 1 saturated heterocycles. The molecule has 1 aliphatic rings. The third kappa shape index (κ3) is 5.22. The van der Waals surface area contributed by atoms with Gasteiger partial charge in [-0.3, -0.25) is 4.79 Å². The fourth-order valence-corrected chi connectivity index (χ4v) is 5.43. The molecule has 9 nitrogen and oxygen atoms in total. The first-order valence-electron chi connectivity index (χ1n) is 11.3. The predicted octanol–water partition coefficient (Wildman–Crippen LogP) is 3.97. The maximum atomic E-state index is 13.1. The number of hydrogen-bond acceptors (Lipinski definition) is 8. The summed E-state index contributed by atoms with van der Waals surface area (Å²) in [6, 6.07) is 14.9. The zero-order chi connectivity index (χ0) is 25.2. The summed E-state index contributed by atoms with van der Waals surface area (Å²) in [6.45, 7) is 7.06. The van der Waals surface area contributed by atoms with E-state index in [2.05, 4.69) is 45.7 Å². The Hall–Kier alpha value is -3.66. The lowest BCUT2D eigenvalue weighted by atomic mass is 9.97. The molecule has 1 amide bonds. The maximum Gasteiger partial charge on any atom is 0.281 e. The molecule has 1 fully saturated rings. The van der Waals surface area contributed by atoms with E-state index in [4.69, 9.17) is 4.74 Å². The number of anilines is 3. The number of ether oxygens (including phenoxy) is 1. The summed E-state index contributed by atoms with van der Waals surface area (Å²) in [5.41, 5.74) is 0.618. The lowest BCUT2D eigenvalue weighted by Gasteiger charge is -2.33. The number of nitrogens with one attached hydrogen (secondary N) is 2. The molecule has 0 radical (unpaired) electrons. The van der Waals surface area contributed by atoms with Crippen molar-refractivity contribution in [3.63, 3.8) is 0 Å². The van der Waals surface area contributed by atoms with Gasteiger partial charge in [0.1, 0.15) is 17.4 Å². The number of nitrogens with zero attached hydrogens (tertiary/aromatic N) is 3. The minimum absolute atomic E-state index is 0.196. The van der Waals surface area contributed by atoms with E-state index in [1.165, 1.54) is 6.07 Å². The number of para-hydroxylation sites is 2. The highest BCUT2D eigenvalue weighted by Gasteiger charge is 2.39. The average Bonchev–Trinajstić information content (AvgIpc) is 3.11. The molecule has 1 aliphatic heterocycles. The number of hydrogen-bond donors (Lipinski definition) is 2. The first-order valence-corrected chi connectivity index (χ1v) is 12.8. The van der Waals surface area contributed by atoms with E-state index in [-0.39, 0.29) is 16.1 Å². The van der Waals surface area contributed by atoms with E-state index in [0.717, 1.165) is 13.0 Å². The molecule has 10 heteroatoms. The predicted molar refractivity (Wildman–Crippen MR) is 135 cm³/mol. The van der Waals surface area contributed by atoms with Crippen molar-refractivity contribution in [3.8, 4) is 5.75 Å². The number of carbonyl (C=O) groups excluding carboxylic acids is 1. The highest BCUT2D eigenvalue weighted by Crippen LogP contribution is 2.37. The van der Waals surface area contributed by atoms with Crippen LogP contribution in [0.3, 0.4) is 0 Å². The molecule has 2 aromatic heterocycles. The van der Waals surface area contributed by atoms with E-state index in [9.17, 15) is 13.2 Å². The van der Waals surface area contributed by atoms with Gasteiger partial charge in [0.2, 0.25) is 0 Å². The van der Waals surface area contributed by atoms with Gasteiger partial charge in [-0.15, -0.1) is 0 Å². The van der Waals surface area contributed by atoms with Crippen molar-refractivity contribution in [2.24, 2.45) is 5.92 Å². The van der Waals surface area contributed by atoms with Crippen molar-refractivity contribution >= 4 is 33.3 Å². The fraction of sp³-hybridized carbons (Fsp3) is 0.320. The van der Waals surface area contributed by atoms with Crippen LogP contribution in [0.2, 0.25) is 0 Å². The number of rotatable bonds is 7.